The molecule has 2 aromatic rings. The van der Waals surface area contributed by atoms with Crippen LogP contribution in [-0.4, -0.2) is 0 Å². The fourth-order valence-electron chi connectivity index (χ4n) is 1.33. The van der Waals surface area contributed by atoms with Gasteiger partial charge >= 0.3 is 6.18 Å². The lowest BCUT2D eigenvalue weighted by Gasteiger charge is -2.10. The van der Waals surface area contributed by atoms with Gasteiger partial charge in [0.1, 0.15) is 5.76 Å². The average molecular weight is 211 g/mol. The number of furan rings is 1. The second-order valence-electron chi connectivity index (χ2n) is 2.96. The molecule has 0 unspecified atom stereocenters. The maximum absolute atomic E-state index is 12.6. The summed E-state index contributed by atoms with van der Waals surface area (Å²) in [4.78, 5) is 0. The molecule has 0 N–H and O–H groups in total. The first kappa shape index (κ1) is 9.83. The van der Waals surface area contributed by atoms with Crippen LogP contribution in [0.15, 0.2) is 40.8 Å². The number of rotatable bonds is 1. The molecule has 1 radical (unpaired) electrons. The van der Waals surface area contributed by atoms with E-state index in [1.807, 2.05) is 0 Å². The third kappa shape index (κ3) is 1.88. The van der Waals surface area contributed by atoms with E-state index in [2.05, 4.69) is 6.26 Å². The predicted molar refractivity (Wildman–Crippen MR) is 48.0 cm³/mol. The van der Waals surface area contributed by atoms with Gasteiger partial charge in [-0.2, -0.15) is 13.2 Å². The molecule has 1 aromatic heterocycles. The Morgan fingerprint density at radius 1 is 1.07 bits per heavy atom. The Hall–Kier alpha value is -1.71. The molecule has 0 fully saturated rings. The topological polar surface area (TPSA) is 13.1 Å². The van der Waals surface area contributed by atoms with Crippen molar-refractivity contribution in [1.82, 2.24) is 0 Å². The van der Waals surface area contributed by atoms with Crippen molar-refractivity contribution in [3.05, 3.63) is 48.2 Å². The molecule has 0 saturated carbocycles. The summed E-state index contributed by atoms with van der Waals surface area (Å²) < 4.78 is 42.6. The first-order chi connectivity index (χ1) is 7.09. The largest absolute Gasteiger partial charge is 0.453 e. The summed E-state index contributed by atoms with van der Waals surface area (Å²) in [6.07, 6.45) is -2.01. The van der Waals surface area contributed by atoms with E-state index in [-0.39, 0.29) is 11.3 Å². The third-order valence-corrected chi connectivity index (χ3v) is 1.97. The van der Waals surface area contributed by atoms with Crippen LogP contribution in [0.3, 0.4) is 0 Å². The first-order valence-corrected chi connectivity index (χ1v) is 4.21. The lowest BCUT2D eigenvalue weighted by molar-refractivity contribution is -0.137. The Morgan fingerprint density at radius 2 is 1.80 bits per heavy atom. The molecule has 1 aromatic carbocycles. The lowest BCUT2D eigenvalue weighted by Crippen LogP contribution is -2.06. The molecule has 1 heterocycles. The third-order valence-electron chi connectivity index (χ3n) is 1.97. The second-order valence-corrected chi connectivity index (χ2v) is 2.96. The molecule has 0 spiro atoms. The molecule has 1 nitrogen and oxygen atoms in total. The highest BCUT2D eigenvalue weighted by Gasteiger charge is 2.33. The van der Waals surface area contributed by atoms with Crippen molar-refractivity contribution in [2.75, 3.05) is 0 Å². The van der Waals surface area contributed by atoms with E-state index >= 15 is 0 Å². The average Bonchev–Trinajstić information content (AvgIpc) is 2.69. The number of hydrogen-bond acceptors (Lipinski definition) is 1. The molecule has 77 valence electrons. The molecular formula is C11H6F3O. The highest BCUT2D eigenvalue weighted by atomic mass is 19.4. The number of benzene rings is 1. The zero-order chi connectivity index (χ0) is 10.9. The molecule has 0 aliphatic rings. The van der Waals surface area contributed by atoms with Crippen molar-refractivity contribution in [2.24, 2.45) is 0 Å². The summed E-state index contributed by atoms with van der Waals surface area (Å²) in [6.45, 7) is 0. The SMILES string of the molecule is FC(F)(F)c1ccccc1-c1cc[c]o1. The predicted octanol–water partition coefficient (Wildman–Crippen LogP) is 3.77. The van der Waals surface area contributed by atoms with E-state index in [9.17, 15) is 13.2 Å². The van der Waals surface area contributed by atoms with Gasteiger partial charge in [-0.25, -0.2) is 0 Å². The molecule has 15 heavy (non-hydrogen) atoms. The highest BCUT2D eigenvalue weighted by Crippen LogP contribution is 2.36. The summed E-state index contributed by atoms with van der Waals surface area (Å²) in [6, 6.07) is 8.16. The van der Waals surface area contributed by atoms with Crippen molar-refractivity contribution in [1.29, 1.82) is 0 Å². The fourth-order valence-corrected chi connectivity index (χ4v) is 1.33. The van der Waals surface area contributed by atoms with Gasteiger partial charge in [-0.15, -0.1) is 0 Å². The summed E-state index contributed by atoms with van der Waals surface area (Å²) >= 11 is 0. The van der Waals surface area contributed by atoms with Crippen LogP contribution < -0.4 is 0 Å². The van der Waals surface area contributed by atoms with E-state index < -0.39 is 11.7 Å². The molecule has 4 heteroatoms. The summed E-state index contributed by atoms with van der Waals surface area (Å²) in [5.74, 6) is 0.169. The minimum absolute atomic E-state index is 0.0336. The Morgan fingerprint density at radius 3 is 2.40 bits per heavy atom. The normalized spacial score (nSPS) is 11.7. The van der Waals surface area contributed by atoms with Crippen LogP contribution in [0.25, 0.3) is 11.3 Å². The zero-order valence-corrected chi connectivity index (χ0v) is 7.51. The van der Waals surface area contributed by atoms with E-state index in [1.54, 1.807) is 0 Å². The second kappa shape index (κ2) is 3.46. The molecule has 0 amide bonds. The minimum atomic E-state index is -4.37. The van der Waals surface area contributed by atoms with Gasteiger partial charge in [0.15, 0.2) is 6.26 Å². The molecule has 0 aliphatic heterocycles. The van der Waals surface area contributed by atoms with Crippen LogP contribution in [0.4, 0.5) is 13.2 Å². The van der Waals surface area contributed by atoms with Crippen LogP contribution in [-0.2, 0) is 6.18 Å². The molecule has 0 saturated heterocycles. The quantitative estimate of drug-likeness (QED) is 0.699. The van der Waals surface area contributed by atoms with Crippen molar-refractivity contribution < 1.29 is 17.6 Å². The van der Waals surface area contributed by atoms with Crippen LogP contribution >= 0.6 is 0 Å². The molecular weight excluding hydrogens is 205 g/mol. The molecule has 0 bridgehead atoms. The summed E-state index contributed by atoms with van der Waals surface area (Å²) in [5.41, 5.74) is -0.667. The number of hydrogen-bond donors (Lipinski definition) is 0. The van der Waals surface area contributed by atoms with Crippen LogP contribution in [0.2, 0.25) is 0 Å². The number of halogens is 3. The van der Waals surface area contributed by atoms with Gasteiger partial charge < -0.3 is 4.42 Å². The van der Waals surface area contributed by atoms with E-state index in [0.717, 1.165) is 6.07 Å². The van der Waals surface area contributed by atoms with E-state index in [1.165, 1.54) is 30.3 Å². The molecule has 0 atom stereocenters. The van der Waals surface area contributed by atoms with Gasteiger partial charge in [-0.05, 0) is 18.2 Å². The lowest BCUT2D eigenvalue weighted by atomic mass is 10.1. The Kier molecular flexibility index (Phi) is 2.26. The van der Waals surface area contributed by atoms with Crippen molar-refractivity contribution >= 4 is 0 Å². The highest BCUT2D eigenvalue weighted by molar-refractivity contribution is 5.62. The fraction of sp³-hybridized carbons (Fsp3) is 0.0909. The smallest absolute Gasteiger partial charge is 0.417 e. The van der Waals surface area contributed by atoms with Gasteiger partial charge in [0.25, 0.3) is 0 Å². The first-order valence-electron chi connectivity index (χ1n) is 4.21. The zero-order valence-electron chi connectivity index (χ0n) is 7.51. The molecule has 2 rings (SSSR count). The van der Waals surface area contributed by atoms with Crippen molar-refractivity contribution in [3.63, 3.8) is 0 Å². The van der Waals surface area contributed by atoms with Crippen LogP contribution in [0, 0.1) is 6.26 Å². The monoisotopic (exact) mass is 211 g/mol. The Labute approximate surface area is 84.1 Å². The van der Waals surface area contributed by atoms with E-state index in [0.29, 0.717) is 0 Å². The Bertz CT molecular complexity index is 443. The maximum atomic E-state index is 12.6. The number of alkyl halides is 3. The van der Waals surface area contributed by atoms with Gasteiger partial charge in [0.05, 0.1) is 5.56 Å². The van der Waals surface area contributed by atoms with Gasteiger partial charge in [-0.3, -0.25) is 0 Å². The van der Waals surface area contributed by atoms with Crippen LogP contribution in [0.5, 0.6) is 0 Å². The maximum Gasteiger partial charge on any atom is 0.417 e. The van der Waals surface area contributed by atoms with Gasteiger partial charge in [-0.1, -0.05) is 18.2 Å². The van der Waals surface area contributed by atoms with Crippen LogP contribution in [0.1, 0.15) is 5.56 Å². The standard InChI is InChI=1S/C11H6F3O/c12-11(13,14)9-5-2-1-4-8(9)10-6-3-7-15-10/h1-6H. The molecule has 0 aliphatic carbocycles. The Balaban J connectivity index is 2.58. The van der Waals surface area contributed by atoms with Gasteiger partial charge in [0, 0.05) is 5.56 Å². The summed E-state index contributed by atoms with van der Waals surface area (Å²) in [5, 5.41) is 0. The van der Waals surface area contributed by atoms with E-state index in [4.69, 9.17) is 4.42 Å². The minimum Gasteiger partial charge on any atom is -0.453 e. The summed E-state index contributed by atoms with van der Waals surface area (Å²) in [7, 11) is 0. The van der Waals surface area contributed by atoms with Crippen molar-refractivity contribution in [2.45, 2.75) is 6.18 Å². The van der Waals surface area contributed by atoms with Crippen molar-refractivity contribution in [3.8, 4) is 11.3 Å². The van der Waals surface area contributed by atoms with Gasteiger partial charge in [0.2, 0.25) is 0 Å².